The van der Waals surface area contributed by atoms with Crippen LogP contribution in [-0.2, 0) is 14.5 Å². The van der Waals surface area contributed by atoms with Gasteiger partial charge in [-0.05, 0) is 12.8 Å². The molecule has 0 aliphatic rings. The topological polar surface area (TPSA) is 102 Å². The minimum Gasteiger partial charge on any atom is -0.449 e. The molecule has 0 atom stereocenters. The molecule has 0 amide bonds. The molecule has 0 aromatic carbocycles. The summed E-state index contributed by atoms with van der Waals surface area (Å²) in [5, 5.41) is 15.0. The van der Waals surface area contributed by atoms with Gasteiger partial charge in [-0.15, -0.1) is 0 Å². The summed E-state index contributed by atoms with van der Waals surface area (Å²) in [5.41, 5.74) is 0. The molecule has 0 heterocycles. The van der Waals surface area contributed by atoms with Crippen molar-refractivity contribution in [3.8, 4) is 0 Å². The molecule has 0 unspecified atom stereocenters. The molecule has 7 nitrogen and oxygen atoms in total. The zero-order valence-electron chi connectivity index (χ0n) is 10.2. The van der Waals surface area contributed by atoms with Gasteiger partial charge in [-0.25, -0.2) is 19.4 Å². The van der Waals surface area contributed by atoms with E-state index in [2.05, 4.69) is 18.6 Å². The molecular formula is C10H20O7. The van der Waals surface area contributed by atoms with Crippen LogP contribution in [-0.4, -0.2) is 35.7 Å². The van der Waals surface area contributed by atoms with Crippen molar-refractivity contribution in [1.82, 2.24) is 0 Å². The van der Waals surface area contributed by atoms with Crippen molar-refractivity contribution < 1.29 is 34.3 Å². The largest absolute Gasteiger partial charge is 0.516 e. The Kier molecular flexibility index (Phi) is 15.6. The second kappa shape index (κ2) is 14.7. The fraction of sp³-hybridized carbons (Fsp3) is 0.800. The lowest BCUT2D eigenvalue weighted by atomic mass is 10.4. The highest BCUT2D eigenvalue weighted by atomic mass is 17.2. The van der Waals surface area contributed by atoms with E-state index < -0.39 is 12.3 Å². The SMILES string of the molecule is CCCCOOCCCC.O=C(O)OC(=O)O. The maximum absolute atomic E-state index is 9.21. The van der Waals surface area contributed by atoms with Gasteiger partial charge in [0, 0.05) is 0 Å². The van der Waals surface area contributed by atoms with Gasteiger partial charge in [-0.2, -0.15) is 0 Å². The minimum atomic E-state index is -1.81. The molecule has 0 bridgehead atoms. The van der Waals surface area contributed by atoms with Crippen LogP contribution in [0.15, 0.2) is 0 Å². The predicted octanol–water partition coefficient (Wildman–Crippen LogP) is 2.89. The summed E-state index contributed by atoms with van der Waals surface area (Å²) >= 11 is 0. The van der Waals surface area contributed by atoms with Crippen molar-refractivity contribution in [2.45, 2.75) is 39.5 Å². The standard InChI is InChI=1S/C8H18O2.C2H2O5/c1-3-5-7-9-10-8-6-4-2;3-1(4)7-2(5)6/h3-8H2,1-2H3;(H,3,4)(H,5,6). The third-order valence-corrected chi connectivity index (χ3v) is 1.42. The summed E-state index contributed by atoms with van der Waals surface area (Å²) < 4.78 is 3.08. The van der Waals surface area contributed by atoms with Gasteiger partial charge in [0.25, 0.3) is 0 Å². The lowest BCUT2D eigenvalue weighted by molar-refractivity contribution is -0.295. The summed E-state index contributed by atoms with van der Waals surface area (Å²) in [4.78, 5) is 28.2. The monoisotopic (exact) mass is 252 g/mol. The molecule has 0 aliphatic heterocycles. The van der Waals surface area contributed by atoms with Crippen molar-refractivity contribution >= 4 is 12.3 Å². The Hall–Kier alpha value is -1.34. The van der Waals surface area contributed by atoms with Gasteiger partial charge in [0.2, 0.25) is 0 Å². The first-order valence-electron chi connectivity index (χ1n) is 5.42. The quantitative estimate of drug-likeness (QED) is 0.236. The van der Waals surface area contributed by atoms with Crippen molar-refractivity contribution in [1.29, 1.82) is 0 Å². The zero-order chi connectivity index (χ0) is 13.5. The molecule has 0 aromatic rings. The van der Waals surface area contributed by atoms with Crippen LogP contribution in [0.25, 0.3) is 0 Å². The molecule has 0 aliphatic carbocycles. The van der Waals surface area contributed by atoms with E-state index in [4.69, 9.17) is 20.0 Å². The van der Waals surface area contributed by atoms with Gasteiger partial charge in [0.1, 0.15) is 0 Å². The molecule has 17 heavy (non-hydrogen) atoms. The van der Waals surface area contributed by atoms with Crippen LogP contribution in [0.2, 0.25) is 0 Å². The number of rotatable bonds is 7. The van der Waals surface area contributed by atoms with E-state index >= 15 is 0 Å². The van der Waals surface area contributed by atoms with Crippen molar-refractivity contribution in [2.75, 3.05) is 13.2 Å². The van der Waals surface area contributed by atoms with E-state index in [-0.39, 0.29) is 0 Å². The molecule has 102 valence electrons. The molecular weight excluding hydrogens is 232 g/mol. The summed E-state index contributed by atoms with van der Waals surface area (Å²) in [6.45, 7) is 5.74. The molecule has 0 spiro atoms. The van der Waals surface area contributed by atoms with Gasteiger partial charge in [-0.1, -0.05) is 26.7 Å². The van der Waals surface area contributed by atoms with Gasteiger partial charge in [-0.3, -0.25) is 0 Å². The lowest BCUT2D eigenvalue weighted by Crippen LogP contribution is -2.05. The van der Waals surface area contributed by atoms with E-state index in [0.29, 0.717) is 0 Å². The number of hydrogen-bond acceptors (Lipinski definition) is 5. The second-order valence-corrected chi connectivity index (χ2v) is 2.98. The molecule has 0 saturated carbocycles. The van der Waals surface area contributed by atoms with Gasteiger partial charge >= 0.3 is 12.3 Å². The van der Waals surface area contributed by atoms with Crippen LogP contribution in [0.4, 0.5) is 9.59 Å². The van der Waals surface area contributed by atoms with Crippen molar-refractivity contribution in [3.63, 3.8) is 0 Å². The predicted molar refractivity (Wildman–Crippen MR) is 58.9 cm³/mol. The van der Waals surface area contributed by atoms with Gasteiger partial charge in [0.05, 0.1) is 13.2 Å². The van der Waals surface area contributed by atoms with Crippen LogP contribution in [0.3, 0.4) is 0 Å². The first kappa shape index (κ1) is 18.0. The summed E-state index contributed by atoms with van der Waals surface area (Å²) in [5.74, 6) is 0. The van der Waals surface area contributed by atoms with Crippen LogP contribution in [0.1, 0.15) is 39.5 Å². The average molecular weight is 252 g/mol. The average Bonchev–Trinajstić information content (AvgIpc) is 2.22. The number of carbonyl (C=O) groups is 2. The Bertz CT molecular complexity index is 173. The van der Waals surface area contributed by atoms with E-state index in [9.17, 15) is 9.59 Å². The first-order valence-corrected chi connectivity index (χ1v) is 5.42. The normalized spacial score (nSPS) is 9.06. The van der Waals surface area contributed by atoms with Crippen LogP contribution in [0, 0.1) is 0 Å². The third kappa shape index (κ3) is 25.2. The summed E-state index contributed by atoms with van der Waals surface area (Å²) in [7, 11) is 0. The number of ether oxygens (including phenoxy) is 1. The smallest absolute Gasteiger partial charge is 0.449 e. The number of hydrogen-bond donors (Lipinski definition) is 2. The number of carboxylic acid groups (broad SMARTS) is 2. The highest BCUT2D eigenvalue weighted by Crippen LogP contribution is 1.91. The molecule has 7 heteroatoms. The minimum absolute atomic E-state index is 0.736. The molecule has 0 fully saturated rings. The van der Waals surface area contributed by atoms with Crippen LogP contribution >= 0.6 is 0 Å². The van der Waals surface area contributed by atoms with E-state index in [0.717, 1.165) is 38.9 Å². The molecule has 0 aromatic heterocycles. The summed E-state index contributed by atoms with van der Waals surface area (Å²) in [6, 6.07) is 0. The van der Waals surface area contributed by atoms with E-state index in [1.54, 1.807) is 0 Å². The highest BCUT2D eigenvalue weighted by Gasteiger charge is 2.01. The van der Waals surface area contributed by atoms with Crippen molar-refractivity contribution in [3.05, 3.63) is 0 Å². The van der Waals surface area contributed by atoms with Crippen molar-refractivity contribution in [2.24, 2.45) is 0 Å². The maximum atomic E-state index is 9.21. The Labute approximate surface area is 100 Å². The summed E-state index contributed by atoms with van der Waals surface area (Å²) in [6.07, 6.45) is 0.881. The fourth-order valence-electron chi connectivity index (χ4n) is 0.599. The first-order chi connectivity index (χ1) is 8.04. The Morgan fingerprint density at radius 2 is 1.24 bits per heavy atom. The Morgan fingerprint density at radius 1 is 0.882 bits per heavy atom. The van der Waals surface area contributed by atoms with E-state index in [1.165, 1.54) is 0 Å². The molecule has 0 saturated heterocycles. The third-order valence-electron chi connectivity index (χ3n) is 1.42. The van der Waals surface area contributed by atoms with Gasteiger partial charge in [0.15, 0.2) is 0 Å². The lowest BCUT2D eigenvalue weighted by Gasteiger charge is -2.00. The molecule has 0 radical (unpaired) electrons. The van der Waals surface area contributed by atoms with Crippen LogP contribution in [0.5, 0.6) is 0 Å². The number of unbranched alkanes of at least 4 members (excludes halogenated alkanes) is 2. The highest BCUT2D eigenvalue weighted by molar-refractivity contribution is 5.74. The Morgan fingerprint density at radius 3 is 1.41 bits per heavy atom. The second-order valence-electron chi connectivity index (χ2n) is 2.98. The van der Waals surface area contributed by atoms with Crippen LogP contribution < -0.4 is 0 Å². The molecule has 2 N–H and O–H groups in total. The maximum Gasteiger partial charge on any atom is 0.516 e. The molecule has 0 rings (SSSR count). The van der Waals surface area contributed by atoms with Gasteiger partial charge < -0.3 is 14.9 Å². The zero-order valence-corrected chi connectivity index (χ0v) is 10.2. The fourth-order valence-corrected chi connectivity index (χ4v) is 0.599. The Balaban J connectivity index is 0. The van der Waals surface area contributed by atoms with E-state index in [1.807, 2.05) is 0 Å².